The summed E-state index contributed by atoms with van der Waals surface area (Å²) in [6.07, 6.45) is 11.5. The molecule has 4 aliphatic carbocycles. The summed E-state index contributed by atoms with van der Waals surface area (Å²) in [4.78, 5) is 15.5. The number of nitrogens with zero attached hydrogens (tertiary/aromatic N) is 1. The molecule has 1 heterocycles. The fraction of sp³-hybridized carbons (Fsp3) is 0.944. The molecule has 118 valence electrons. The molecule has 5 aliphatic rings. The summed E-state index contributed by atoms with van der Waals surface area (Å²) in [6.45, 7) is 0.989. The molecule has 5 fully saturated rings. The number of carbonyl (C=O) groups is 1. The third-order valence-corrected chi connectivity index (χ3v) is 7.08. The van der Waals surface area contributed by atoms with Gasteiger partial charge in [-0.3, -0.25) is 4.79 Å². The molecule has 1 unspecified atom stereocenters. The van der Waals surface area contributed by atoms with Crippen molar-refractivity contribution < 1.29 is 4.79 Å². The topological polar surface area (TPSA) is 20.3 Å². The van der Waals surface area contributed by atoms with E-state index in [0.717, 1.165) is 24.8 Å². The van der Waals surface area contributed by atoms with Crippen molar-refractivity contribution in [1.29, 1.82) is 0 Å². The Morgan fingerprint density at radius 1 is 1.00 bits per heavy atom. The van der Waals surface area contributed by atoms with Crippen LogP contribution >= 0.6 is 11.6 Å². The lowest BCUT2D eigenvalue weighted by Crippen LogP contribution is -2.55. The molecule has 0 spiro atoms. The van der Waals surface area contributed by atoms with E-state index in [0.29, 0.717) is 35.6 Å². The molecule has 0 radical (unpaired) electrons. The zero-order chi connectivity index (χ0) is 14.4. The summed E-state index contributed by atoms with van der Waals surface area (Å²) < 4.78 is 0. The predicted molar refractivity (Wildman–Crippen MR) is 85.2 cm³/mol. The van der Waals surface area contributed by atoms with Gasteiger partial charge in [0.05, 0.1) is 0 Å². The van der Waals surface area contributed by atoms with Gasteiger partial charge in [0.2, 0.25) is 5.91 Å². The van der Waals surface area contributed by atoms with Gasteiger partial charge < -0.3 is 4.90 Å². The highest BCUT2D eigenvalue weighted by atomic mass is 35.5. The summed E-state index contributed by atoms with van der Waals surface area (Å²) in [7, 11) is 0. The second kappa shape index (κ2) is 5.76. The molecule has 0 N–H and O–H groups in total. The average Bonchev–Trinajstić information content (AvgIpc) is 2.47. The molecular weight excluding hydrogens is 282 g/mol. The molecular formula is C18H28ClNO. The van der Waals surface area contributed by atoms with Crippen molar-refractivity contribution in [2.45, 2.75) is 63.8 Å². The number of carbonyl (C=O) groups excluding carboxylic acids is 1. The fourth-order valence-electron chi connectivity index (χ4n) is 6.24. The standard InChI is InChI=1S/C18H28ClNO/c19-5-4-16-3-1-2-6-20(16)18(21)17-14-8-12-7-13(10-14)11-15(17)9-12/h12-17H,1-11H2. The van der Waals surface area contributed by atoms with Gasteiger partial charge in [-0.2, -0.15) is 0 Å². The number of rotatable bonds is 3. The van der Waals surface area contributed by atoms with E-state index in [1.807, 2.05) is 0 Å². The molecule has 1 aliphatic heterocycles. The highest BCUT2D eigenvalue weighted by Crippen LogP contribution is 2.57. The molecule has 2 nitrogen and oxygen atoms in total. The van der Waals surface area contributed by atoms with Gasteiger partial charge in [-0.1, -0.05) is 0 Å². The first-order chi connectivity index (χ1) is 10.3. The number of halogens is 1. The maximum Gasteiger partial charge on any atom is 0.226 e. The third-order valence-electron chi connectivity index (χ3n) is 6.86. The van der Waals surface area contributed by atoms with E-state index in [-0.39, 0.29) is 0 Å². The SMILES string of the molecule is O=C(C1C2CC3CC(C2)CC1C3)N1CCCCC1CCCl. The van der Waals surface area contributed by atoms with Crippen LogP contribution in [0.25, 0.3) is 0 Å². The van der Waals surface area contributed by atoms with Crippen LogP contribution in [0.5, 0.6) is 0 Å². The summed E-state index contributed by atoms with van der Waals surface area (Å²) in [5.41, 5.74) is 0. The normalized spacial score (nSPS) is 45.1. The summed E-state index contributed by atoms with van der Waals surface area (Å²) >= 11 is 5.97. The summed E-state index contributed by atoms with van der Waals surface area (Å²) in [6, 6.07) is 0.431. The maximum atomic E-state index is 13.3. The average molecular weight is 310 g/mol. The molecule has 1 atom stereocenters. The minimum Gasteiger partial charge on any atom is -0.339 e. The van der Waals surface area contributed by atoms with Gasteiger partial charge >= 0.3 is 0 Å². The van der Waals surface area contributed by atoms with Crippen LogP contribution < -0.4 is 0 Å². The zero-order valence-electron chi connectivity index (χ0n) is 13.0. The first-order valence-corrected chi connectivity index (χ1v) is 9.66. The first-order valence-electron chi connectivity index (χ1n) is 9.12. The Bertz CT molecular complexity index is 380. The Hall–Kier alpha value is -0.240. The van der Waals surface area contributed by atoms with Crippen molar-refractivity contribution in [2.75, 3.05) is 12.4 Å². The van der Waals surface area contributed by atoms with E-state index in [1.165, 1.54) is 51.4 Å². The number of alkyl halides is 1. The van der Waals surface area contributed by atoms with Gasteiger partial charge in [0, 0.05) is 24.4 Å². The van der Waals surface area contributed by atoms with Crippen molar-refractivity contribution in [3.05, 3.63) is 0 Å². The summed E-state index contributed by atoms with van der Waals surface area (Å²) in [5, 5.41) is 0. The third kappa shape index (κ3) is 2.52. The molecule has 5 rings (SSSR count). The van der Waals surface area contributed by atoms with Crippen LogP contribution in [0.4, 0.5) is 0 Å². The monoisotopic (exact) mass is 309 g/mol. The molecule has 1 saturated heterocycles. The smallest absolute Gasteiger partial charge is 0.226 e. The van der Waals surface area contributed by atoms with Crippen LogP contribution in [0.2, 0.25) is 0 Å². The molecule has 0 aromatic carbocycles. The minimum atomic E-state index is 0.369. The van der Waals surface area contributed by atoms with Crippen molar-refractivity contribution in [3.63, 3.8) is 0 Å². The first kappa shape index (κ1) is 14.4. The second-order valence-electron chi connectivity index (χ2n) is 8.12. The van der Waals surface area contributed by atoms with Crippen LogP contribution in [0.1, 0.15) is 57.8 Å². The number of likely N-dealkylation sites (tertiary alicyclic amines) is 1. The van der Waals surface area contributed by atoms with E-state index in [1.54, 1.807) is 0 Å². The lowest BCUT2D eigenvalue weighted by atomic mass is 9.51. The number of piperidine rings is 1. The largest absolute Gasteiger partial charge is 0.339 e. The Balaban J connectivity index is 1.51. The van der Waals surface area contributed by atoms with Crippen LogP contribution in [-0.4, -0.2) is 29.3 Å². The Morgan fingerprint density at radius 3 is 2.29 bits per heavy atom. The van der Waals surface area contributed by atoms with Crippen molar-refractivity contribution in [1.82, 2.24) is 4.90 Å². The maximum absolute atomic E-state index is 13.3. The summed E-state index contributed by atoms with van der Waals surface area (Å²) in [5.74, 6) is 4.91. The minimum absolute atomic E-state index is 0.369. The lowest BCUT2D eigenvalue weighted by molar-refractivity contribution is -0.152. The number of hydrogen-bond donors (Lipinski definition) is 0. The Morgan fingerprint density at radius 2 is 1.67 bits per heavy atom. The van der Waals surface area contributed by atoms with Gasteiger partial charge in [-0.15, -0.1) is 11.6 Å². The van der Waals surface area contributed by atoms with E-state index in [4.69, 9.17) is 11.6 Å². The van der Waals surface area contributed by atoms with E-state index < -0.39 is 0 Å². The lowest BCUT2D eigenvalue weighted by Gasteiger charge is -2.55. The van der Waals surface area contributed by atoms with E-state index in [9.17, 15) is 4.79 Å². The number of hydrogen-bond acceptors (Lipinski definition) is 1. The zero-order valence-corrected chi connectivity index (χ0v) is 13.7. The Kier molecular flexibility index (Phi) is 3.94. The van der Waals surface area contributed by atoms with Crippen LogP contribution in [-0.2, 0) is 4.79 Å². The van der Waals surface area contributed by atoms with Crippen LogP contribution in [0, 0.1) is 29.6 Å². The van der Waals surface area contributed by atoms with Crippen molar-refractivity contribution in [3.8, 4) is 0 Å². The van der Waals surface area contributed by atoms with Crippen LogP contribution in [0.15, 0.2) is 0 Å². The second-order valence-corrected chi connectivity index (χ2v) is 8.49. The van der Waals surface area contributed by atoms with E-state index >= 15 is 0 Å². The molecule has 0 aromatic rings. The van der Waals surface area contributed by atoms with Gasteiger partial charge in [0.1, 0.15) is 0 Å². The predicted octanol–water partition coefficient (Wildman–Crippen LogP) is 4.07. The van der Waals surface area contributed by atoms with Gasteiger partial charge in [0.25, 0.3) is 0 Å². The molecule has 4 saturated carbocycles. The molecule has 21 heavy (non-hydrogen) atoms. The van der Waals surface area contributed by atoms with Crippen molar-refractivity contribution >= 4 is 17.5 Å². The molecule has 3 heteroatoms. The highest BCUT2D eigenvalue weighted by molar-refractivity contribution is 6.17. The Labute approximate surface area is 133 Å². The van der Waals surface area contributed by atoms with Crippen molar-refractivity contribution in [2.24, 2.45) is 29.6 Å². The molecule has 4 bridgehead atoms. The fourth-order valence-corrected chi connectivity index (χ4v) is 6.49. The van der Waals surface area contributed by atoms with Gasteiger partial charge in [-0.25, -0.2) is 0 Å². The molecule has 1 amide bonds. The van der Waals surface area contributed by atoms with Gasteiger partial charge in [0.15, 0.2) is 0 Å². The number of amides is 1. The molecule has 0 aromatic heterocycles. The quantitative estimate of drug-likeness (QED) is 0.720. The van der Waals surface area contributed by atoms with E-state index in [2.05, 4.69) is 4.90 Å². The van der Waals surface area contributed by atoms with Crippen LogP contribution in [0.3, 0.4) is 0 Å². The van der Waals surface area contributed by atoms with Gasteiger partial charge in [-0.05, 0) is 81.5 Å². The highest BCUT2D eigenvalue weighted by Gasteiger charge is 2.52.